The van der Waals surface area contributed by atoms with Crippen LogP contribution in [0.25, 0.3) is 21.4 Å². The zero-order chi connectivity index (χ0) is 21.4. The maximum atomic E-state index is 6.02. The first kappa shape index (κ1) is 19.9. The summed E-state index contributed by atoms with van der Waals surface area (Å²) >= 11 is 2.99. The summed E-state index contributed by atoms with van der Waals surface area (Å²) in [7, 11) is 4.93. The third-order valence-corrected chi connectivity index (χ3v) is 6.97. The molecule has 2 aromatic carbocycles. The first-order valence-corrected chi connectivity index (χ1v) is 11.3. The molecule has 0 unspecified atom stereocenters. The normalized spacial score (nSPS) is 12.5. The van der Waals surface area contributed by atoms with Crippen molar-refractivity contribution in [3.8, 4) is 33.4 Å². The van der Waals surface area contributed by atoms with Gasteiger partial charge in [-0.05, 0) is 36.2 Å². The number of hydrogen-bond acceptors (Lipinski definition) is 9. The zero-order valence-electron chi connectivity index (χ0n) is 17.2. The van der Waals surface area contributed by atoms with E-state index in [1.165, 1.54) is 11.9 Å². The van der Waals surface area contributed by atoms with Crippen LogP contribution >= 0.6 is 23.3 Å². The van der Waals surface area contributed by atoms with Crippen LogP contribution in [-0.4, -0.2) is 33.1 Å². The van der Waals surface area contributed by atoms with E-state index in [9.17, 15) is 0 Å². The van der Waals surface area contributed by atoms with Crippen molar-refractivity contribution in [1.29, 1.82) is 0 Å². The van der Waals surface area contributed by atoms with Crippen molar-refractivity contribution >= 4 is 40.1 Å². The van der Waals surface area contributed by atoms with E-state index in [0.29, 0.717) is 29.5 Å². The number of fused-ring (bicyclic) bond motifs is 3. The van der Waals surface area contributed by atoms with Gasteiger partial charge in [0.15, 0.2) is 11.4 Å². The molecule has 1 N–H and O–H groups in total. The van der Waals surface area contributed by atoms with E-state index in [1.54, 1.807) is 32.7 Å². The predicted molar refractivity (Wildman–Crippen MR) is 122 cm³/mol. The second kappa shape index (κ2) is 8.24. The molecule has 1 aliphatic rings. The lowest BCUT2D eigenvalue weighted by molar-refractivity contribution is 0.360. The second-order valence-corrected chi connectivity index (χ2v) is 8.51. The molecular weight excluding hydrogens is 436 g/mol. The van der Waals surface area contributed by atoms with Crippen molar-refractivity contribution in [1.82, 2.24) is 5.16 Å². The van der Waals surface area contributed by atoms with Crippen molar-refractivity contribution in [3.63, 3.8) is 0 Å². The van der Waals surface area contributed by atoms with Gasteiger partial charge in [0.1, 0.15) is 33.3 Å². The molecule has 0 aliphatic carbocycles. The van der Waals surface area contributed by atoms with Gasteiger partial charge in [-0.3, -0.25) is 0 Å². The molecule has 31 heavy (non-hydrogen) atoms. The standard InChI is InChI=1S/C22H20N2O5S2/c1-25-12-9-18(30-11-12)14-10-17-19(20-13(14)7-8-28-20)22(23-29-17)24-31-21-15(26-2)5-4-6-16(21)27-3/h4-6,9-11H,7-8H2,1-3H3,(H,23,24). The molecular formula is C22H20N2O5S2. The highest BCUT2D eigenvalue weighted by molar-refractivity contribution is 8.00. The molecule has 0 amide bonds. The molecule has 1 aliphatic heterocycles. The van der Waals surface area contributed by atoms with Gasteiger partial charge >= 0.3 is 0 Å². The van der Waals surface area contributed by atoms with Crippen molar-refractivity contribution in [2.75, 3.05) is 32.7 Å². The van der Waals surface area contributed by atoms with Crippen molar-refractivity contribution in [2.45, 2.75) is 11.3 Å². The van der Waals surface area contributed by atoms with Gasteiger partial charge in [-0.25, -0.2) is 0 Å². The maximum absolute atomic E-state index is 6.02. The van der Waals surface area contributed by atoms with Gasteiger partial charge in [0.25, 0.3) is 0 Å². The number of ether oxygens (including phenoxy) is 4. The number of aromatic nitrogens is 1. The molecule has 3 heterocycles. The number of nitrogens with one attached hydrogen (secondary N) is 1. The van der Waals surface area contributed by atoms with E-state index in [1.807, 2.05) is 35.7 Å². The summed E-state index contributed by atoms with van der Waals surface area (Å²) in [6, 6.07) is 9.71. The summed E-state index contributed by atoms with van der Waals surface area (Å²) in [5.41, 5.74) is 2.91. The van der Waals surface area contributed by atoms with Crippen LogP contribution in [0.1, 0.15) is 5.56 Å². The van der Waals surface area contributed by atoms with Gasteiger partial charge in [-0.2, -0.15) is 0 Å². The molecule has 0 atom stereocenters. The molecule has 7 nitrogen and oxygen atoms in total. The Labute approximate surface area is 187 Å². The Morgan fingerprint density at radius 2 is 1.90 bits per heavy atom. The lowest BCUT2D eigenvalue weighted by Gasteiger charge is -2.12. The average molecular weight is 457 g/mol. The molecule has 0 saturated carbocycles. The molecule has 160 valence electrons. The lowest BCUT2D eigenvalue weighted by Crippen LogP contribution is -1.95. The first-order chi connectivity index (χ1) is 15.2. The highest BCUT2D eigenvalue weighted by atomic mass is 32.2. The molecule has 4 aromatic rings. The van der Waals surface area contributed by atoms with Gasteiger partial charge in [0.2, 0.25) is 0 Å². The molecule has 0 bridgehead atoms. The highest BCUT2D eigenvalue weighted by Gasteiger charge is 2.27. The maximum Gasteiger partial charge on any atom is 0.191 e. The van der Waals surface area contributed by atoms with Crippen LogP contribution in [0.2, 0.25) is 0 Å². The van der Waals surface area contributed by atoms with Crippen LogP contribution in [0.5, 0.6) is 23.0 Å². The molecule has 0 spiro atoms. The van der Waals surface area contributed by atoms with Gasteiger partial charge in [0, 0.05) is 27.8 Å². The minimum absolute atomic E-state index is 0.599. The van der Waals surface area contributed by atoms with Crippen LogP contribution in [0.15, 0.2) is 45.1 Å². The summed E-state index contributed by atoms with van der Waals surface area (Å²) < 4.78 is 31.3. The second-order valence-electron chi connectivity index (χ2n) is 6.78. The highest BCUT2D eigenvalue weighted by Crippen LogP contribution is 2.47. The largest absolute Gasteiger partial charge is 0.496 e. The molecule has 2 aromatic heterocycles. The topological polar surface area (TPSA) is 75.0 Å². The third kappa shape index (κ3) is 3.43. The minimum Gasteiger partial charge on any atom is -0.496 e. The smallest absolute Gasteiger partial charge is 0.191 e. The van der Waals surface area contributed by atoms with E-state index in [-0.39, 0.29) is 0 Å². The Kier molecular flexibility index (Phi) is 5.29. The summed E-state index contributed by atoms with van der Waals surface area (Å²) in [5.74, 6) is 3.67. The van der Waals surface area contributed by atoms with E-state index >= 15 is 0 Å². The third-order valence-electron chi connectivity index (χ3n) is 5.13. The Morgan fingerprint density at radius 1 is 1.10 bits per heavy atom. The Balaban J connectivity index is 1.53. The number of nitrogens with zero attached hydrogens (tertiary/aromatic N) is 1. The minimum atomic E-state index is 0.599. The van der Waals surface area contributed by atoms with Crippen LogP contribution < -0.4 is 23.7 Å². The van der Waals surface area contributed by atoms with Crippen molar-refractivity contribution in [2.24, 2.45) is 0 Å². The fourth-order valence-electron chi connectivity index (χ4n) is 3.65. The van der Waals surface area contributed by atoms with Crippen LogP contribution in [-0.2, 0) is 6.42 Å². The van der Waals surface area contributed by atoms with Gasteiger partial charge < -0.3 is 28.2 Å². The fourth-order valence-corrected chi connectivity index (χ4v) is 5.39. The van der Waals surface area contributed by atoms with Crippen molar-refractivity contribution in [3.05, 3.63) is 41.3 Å². The number of benzene rings is 2. The van der Waals surface area contributed by atoms with E-state index in [4.69, 9.17) is 23.5 Å². The predicted octanol–water partition coefficient (Wildman–Crippen LogP) is 5.64. The number of methoxy groups -OCH3 is 3. The zero-order valence-corrected chi connectivity index (χ0v) is 18.8. The Hall–Kier alpha value is -3.04. The van der Waals surface area contributed by atoms with E-state index in [2.05, 4.69) is 9.88 Å². The summed E-state index contributed by atoms with van der Waals surface area (Å²) in [5, 5.41) is 7.09. The Bertz CT molecular complexity index is 1230. The monoisotopic (exact) mass is 456 g/mol. The van der Waals surface area contributed by atoms with Crippen molar-refractivity contribution < 1.29 is 23.5 Å². The number of rotatable bonds is 7. The van der Waals surface area contributed by atoms with E-state index in [0.717, 1.165) is 44.2 Å². The molecule has 0 radical (unpaired) electrons. The summed E-state index contributed by atoms with van der Waals surface area (Å²) in [6.45, 7) is 0.627. The van der Waals surface area contributed by atoms with Crippen LogP contribution in [0.4, 0.5) is 5.82 Å². The van der Waals surface area contributed by atoms with Gasteiger partial charge in [-0.1, -0.05) is 11.2 Å². The Morgan fingerprint density at radius 3 is 2.61 bits per heavy atom. The summed E-state index contributed by atoms with van der Waals surface area (Å²) in [6.07, 6.45) is 0.832. The molecule has 0 saturated heterocycles. The number of anilines is 1. The lowest BCUT2D eigenvalue weighted by atomic mass is 10.0. The molecule has 0 fully saturated rings. The summed E-state index contributed by atoms with van der Waals surface area (Å²) in [4.78, 5) is 1.93. The number of thiophene rings is 1. The van der Waals surface area contributed by atoms with E-state index < -0.39 is 0 Å². The SMILES string of the molecule is COc1csc(-c2cc3onc(NSc4c(OC)cccc4OC)c3c3c2CCO3)c1. The molecule has 9 heteroatoms. The van der Waals surface area contributed by atoms with Crippen LogP contribution in [0, 0.1) is 0 Å². The fraction of sp³-hybridized carbons (Fsp3) is 0.227. The quantitative estimate of drug-likeness (QED) is 0.358. The number of hydrogen-bond donors (Lipinski definition) is 1. The van der Waals surface area contributed by atoms with Gasteiger partial charge in [-0.15, -0.1) is 11.3 Å². The molecule has 5 rings (SSSR count). The first-order valence-electron chi connectivity index (χ1n) is 9.58. The van der Waals surface area contributed by atoms with Gasteiger partial charge in [0.05, 0.1) is 27.9 Å². The average Bonchev–Trinajstić information content (AvgIpc) is 3.55. The van der Waals surface area contributed by atoms with Crippen LogP contribution in [0.3, 0.4) is 0 Å².